The smallest absolute Gasteiger partial charge is 0.316 e. The molecule has 0 unspecified atom stereocenters. The average Bonchev–Trinajstić information content (AvgIpc) is 3.59. The van der Waals surface area contributed by atoms with Crippen molar-refractivity contribution in [2.24, 2.45) is 41.4 Å². The summed E-state index contributed by atoms with van der Waals surface area (Å²) in [7, 11) is 0. The number of imide groups is 1. The highest BCUT2D eigenvalue weighted by molar-refractivity contribution is 6.22. The highest BCUT2D eigenvalue weighted by Gasteiger charge is 2.67. The van der Waals surface area contributed by atoms with Crippen LogP contribution in [0.4, 0.5) is 11.4 Å². The molecular formula is C30H28N2O5. The number of carbonyl (C=O) groups is 4. The minimum absolute atomic E-state index is 0.0845. The molecule has 0 radical (unpaired) electrons. The summed E-state index contributed by atoms with van der Waals surface area (Å²) in [5, 5.41) is 0. The predicted octanol–water partition coefficient (Wildman–Crippen LogP) is 3.77. The van der Waals surface area contributed by atoms with E-state index < -0.39 is 11.9 Å². The van der Waals surface area contributed by atoms with Crippen molar-refractivity contribution in [3.05, 3.63) is 66.2 Å². The molecule has 0 spiro atoms. The van der Waals surface area contributed by atoms with Crippen LogP contribution in [0.1, 0.15) is 25.3 Å². The van der Waals surface area contributed by atoms with Gasteiger partial charge in [0.05, 0.1) is 23.4 Å². The lowest BCUT2D eigenvalue weighted by Gasteiger charge is -2.37. The predicted molar refractivity (Wildman–Crippen MR) is 136 cm³/mol. The zero-order valence-electron chi connectivity index (χ0n) is 20.6. The Balaban J connectivity index is 1.08. The van der Waals surface area contributed by atoms with Crippen LogP contribution in [0.25, 0.3) is 0 Å². The van der Waals surface area contributed by atoms with E-state index in [2.05, 4.69) is 12.2 Å². The van der Waals surface area contributed by atoms with Crippen LogP contribution in [0, 0.1) is 41.4 Å². The minimum Gasteiger partial charge on any atom is -0.426 e. The van der Waals surface area contributed by atoms with Crippen LogP contribution in [0.5, 0.6) is 5.75 Å². The Morgan fingerprint density at radius 3 is 2.35 bits per heavy atom. The van der Waals surface area contributed by atoms with Crippen LogP contribution >= 0.6 is 0 Å². The quantitative estimate of drug-likeness (QED) is 0.272. The van der Waals surface area contributed by atoms with Gasteiger partial charge in [-0.3, -0.25) is 19.2 Å². The van der Waals surface area contributed by atoms with Gasteiger partial charge in [-0.05, 0) is 60.3 Å². The van der Waals surface area contributed by atoms with Crippen LogP contribution in [0.15, 0.2) is 60.7 Å². The highest BCUT2D eigenvalue weighted by atomic mass is 16.5. The number of esters is 1. The molecule has 7 heteroatoms. The maximum Gasteiger partial charge on any atom is 0.316 e. The Hall–Kier alpha value is -3.74. The fraction of sp³-hybridized carbons (Fsp3) is 0.400. The summed E-state index contributed by atoms with van der Waals surface area (Å²) in [5.74, 6) is -0.370. The van der Waals surface area contributed by atoms with Gasteiger partial charge in [-0.25, -0.2) is 4.90 Å². The summed E-state index contributed by atoms with van der Waals surface area (Å²) >= 11 is 0. The molecular weight excluding hydrogens is 468 g/mol. The van der Waals surface area contributed by atoms with Gasteiger partial charge in [0.2, 0.25) is 17.7 Å². The summed E-state index contributed by atoms with van der Waals surface area (Å²) < 4.78 is 5.68. The Morgan fingerprint density at radius 1 is 0.946 bits per heavy atom. The molecule has 0 aromatic heterocycles. The van der Waals surface area contributed by atoms with E-state index in [0.717, 1.165) is 24.1 Å². The van der Waals surface area contributed by atoms with Gasteiger partial charge in [-0.15, -0.1) is 0 Å². The van der Waals surface area contributed by atoms with Gasteiger partial charge in [0.15, 0.2) is 0 Å². The Bertz CT molecular complexity index is 1350. The first-order chi connectivity index (χ1) is 18.0. The molecule has 7 atom stereocenters. The molecule has 2 aromatic rings. The number of aryl methyl sites for hydroxylation is 1. The van der Waals surface area contributed by atoms with E-state index in [9.17, 15) is 19.2 Å². The lowest BCUT2D eigenvalue weighted by atomic mass is 9.63. The molecule has 2 saturated carbocycles. The molecule has 0 N–H and O–H groups in total. The van der Waals surface area contributed by atoms with Crippen molar-refractivity contribution in [1.29, 1.82) is 0 Å². The number of hydrogen-bond acceptors (Lipinski definition) is 5. The number of carbonyl (C=O) groups excluding carboxylic acids is 4. The zero-order chi connectivity index (χ0) is 25.4. The van der Waals surface area contributed by atoms with Crippen LogP contribution in [0.3, 0.4) is 0 Å². The van der Waals surface area contributed by atoms with Crippen molar-refractivity contribution in [3.8, 4) is 5.75 Å². The van der Waals surface area contributed by atoms with Gasteiger partial charge < -0.3 is 9.64 Å². The Labute approximate surface area is 215 Å². The Kier molecular flexibility index (Phi) is 4.94. The maximum atomic E-state index is 13.4. The van der Waals surface area contributed by atoms with E-state index in [4.69, 9.17) is 4.74 Å². The van der Waals surface area contributed by atoms with Crippen LogP contribution in [-0.2, 0) is 25.6 Å². The second kappa shape index (κ2) is 8.13. The molecule has 2 saturated heterocycles. The van der Waals surface area contributed by atoms with Crippen molar-refractivity contribution in [2.75, 3.05) is 16.3 Å². The molecule has 2 bridgehead atoms. The van der Waals surface area contributed by atoms with E-state index >= 15 is 0 Å². The number of benzene rings is 2. The molecule has 188 valence electrons. The molecule has 2 aromatic carbocycles. The van der Waals surface area contributed by atoms with Gasteiger partial charge in [0.1, 0.15) is 5.75 Å². The third-order valence-corrected chi connectivity index (χ3v) is 9.08. The SMILES string of the molecule is CCc1ccccc1N1C[C@H](C(=O)Oc2cccc(N3C(=O)[C@@H]4[C@H]5C=C[C@@H]([C@@H]6C[C@H]56)[C@H]4C3=O)c2)CC1=O. The second-order valence-electron chi connectivity index (χ2n) is 11.0. The molecule has 2 aliphatic heterocycles. The largest absolute Gasteiger partial charge is 0.426 e. The first-order valence-corrected chi connectivity index (χ1v) is 13.2. The highest BCUT2D eigenvalue weighted by Crippen LogP contribution is 2.65. The van der Waals surface area contributed by atoms with Crippen molar-refractivity contribution in [3.63, 3.8) is 0 Å². The Morgan fingerprint density at radius 2 is 1.65 bits per heavy atom. The number of hydrogen-bond donors (Lipinski definition) is 0. The van der Waals surface area contributed by atoms with Crippen LogP contribution in [0.2, 0.25) is 0 Å². The molecule has 3 amide bonds. The van der Waals surface area contributed by atoms with Gasteiger partial charge in [-0.2, -0.15) is 0 Å². The average molecular weight is 497 g/mol. The third-order valence-electron chi connectivity index (χ3n) is 9.08. The van der Waals surface area contributed by atoms with Crippen LogP contribution < -0.4 is 14.5 Å². The van der Waals surface area contributed by atoms with Gasteiger partial charge in [0.25, 0.3) is 0 Å². The lowest BCUT2D eigenvalue weighted by Crippen LogP contribution is -2.40. The summed E-state index contributed by atoms with van der Waals surface area (Å²) in [4.78, 5) is 55.6. The van der Waals surface area contributed by atoms with E-state index in [1.165, 1.54) is 4.90 Å². The molecule has 4 fully saturated rings. The number of allylic oxidation sites excluding steroid dienone is 2. The topological polar surface area (TPSA) is 84.0 Å². The van der Waals surface area contributed by atoms with E-state index in [0.29, 0.717) is 17.5 Å². The van der Waals surface area contributed by atoms with E-state index in [1.54, 1.807) is 29.2 Å². The lowest BCUT2D eigenvalue weighted by molar-refractivity contribution is -0.139. The fourth-order valence-electron chi connectivity index (χ4n) is 7.27. The van der Waals surface area contributed by atoms with Crippen molar-refractivity contribution >= 4 is 35.1 Å². The normalized spacial score (nSPS) is 33.1. The van der Waals surface area contributed by atoms with E-state index in [-0.39, 0.29) is 60.1 Å². The first kappa shape index (κ1) is 22.5. The summed E-state index contributed by atoms with van der Waals surface area (Å²) in [6.45, 7) is 2.30. The zero-order valence-corrected chi connectivity index (χ0v) is 20.6. The second-order valence-corrected chi connectivity index (χ2v) is 11.0. The van der Waals surface area contributed by atoms with Crippen molar-refractivity contribution in [2.45, 2.75) is 26.2 Å². The number of nitrogens with zero attached hydrogens (tertiary/aromatic N) is 2. The van der Waals surface area contributed by atoms with Crippen LogP contribution in [-0.4, -0.2) is 30.2 Å². The molecule has 7 nitrogen and oxygen atoms in total. The van der Waals surface area contributed by atoms with Crippen molar-refractivity contribution in [1.82, 2.24) is 0 Å². The maximum absolute atomic E-state index is 13.4. The molecule has 37 heavy (non-hydrogen) atoms. The van der Waals surface area contributed by atoms with Gasteiger partial charge >= 0.3 is 5.97 Å². The summed E-state index contributed by atoms with van der Waals surface area (Å²) in [6.07, 6.45) is 6.29. The standard InChI is InChI=1S/C30H28N2O5/c1-2-16-6-3-4-9-24(16)31-15-17(12-25(31)33)30(36)37-19-8-5-7-18(13-19)32-28(34)26-20-10-11-21(23-14-22(20)23)27(26)29(32)35/h3-11,13,17,20-23,26-27H,2,12,14-15H2,1H3/t17-,20+,21+,22-,23+,26-,27-/m1/s1. The van der Waals surface area contributed by atoms with Crippen molar-refractivity contribution < 1.29 is 23.9 Å². The molecule has 2 heterocycles. The number of anilines is 2. The van der Waals surface area contributed by atoms with Gasteiger partial charge in [0, 0.05) is 24.7 Å². The minimum atomic E-state index is -0.590. The molecule has 4 aliphatic carbocycles. The first-order valence-electron chi connectivity index (χ1n) is 13.2. The number of para-hydroxylation sites is 1. The fourth-order valence-corrected chi connectivity index (χ4v) is 7.27. The molecule has 8 rings (SSSR count). The monoisotopic (exact) mass is 496 g/mol. The van der Waals surface area contributed by atoms with E-state index in [1.807, 2.05) is 31.2 Å². The number of rotatable bonds is 5. The summed E-state index contributed by atoms with van der Waals surface area (Å²) in [6, 6.07) is 14.3. The van der Waals surface area contributed by atoms with Gasteiger partial charge in [-0.1, -0.05) is 43.3 Å². The number of ether oxygens (including phenoxy) is 1. The number of amides is 3. The molecule has 6 aliphatic rings. The summed E-state index contributed by atoms with van der Waals surface area (Å²) in [5.41, 5.74) is 2.32. The third kappa shape index (κ3) is 3.32.